The van der Waals surface area contributed by atoms with Gasteiger partial charge in [0.15, 0.2) is 16.8 Å². The fraction of sp³-hybridized carbons (Fsp3) is 0.458. The van der Waals surface area contributed by atoms with Crippen LogP contribution in [0.4, 0.5) is 0 Å². The fourth-order valence-corrected chi connectivity index (χ4v) is 5.19. The lowest BCUT2D eigenvalue weighted by molar-refractivity contribution is 0.102. The summed E-state index contributed by atoms with van der Waals surface area (Å²) < 4.78 is 4.34. The summed E-state index contributed by atoms with van der Waals surface area (Å²) in [4.78, 5) is 15.5. The van der Waals surface area contributed by atoms with Crippen molar-refractivity contribution in [3.8, 4) is 5.69 Å². The zero-order valence-electron chi connectivity index (χ0n) is 18.7. The van der Waals surface area contributed by atoms with Gasteiger partial charge in [-0.3, -0.25) is 14.3 Å². The standard InChI is InChI=1S/C24H31N5OS/c1-4-12-28-18(2)15-21(19(28)3)22(30)17-31-24-26-25-23(16-27-13-8-9-14-27)29(24)20-10-6-5-7-11-20/h5-7,10-11,15H,4,8-9,12-14,16-17H2,1-3H3. The lowest BCUT2D eigenvalue weighted by Gasteiger charge is -2.15. The molecule has 0 aliphatic carbocycles. The molecule has 0 saturated carbocycles. The Morgan fingerprint density at radius 1 is 1.10 bits per heavy atom. The predicted molar refractivity (Wildman–Crippen MR) is 125 cm³/mol. The summed E-state index contributed by atoms with van der Waals surface area (Å²) in [6.07, 6.45) is 3.54. The molecule has 0 radical (unpaired) electrons. The van der Waals surface area contributed by atoms with Crippen molar-refractivity contribution in [1.29, 1.82) is 0 Å². The van der Waals surface area contributed by atoms with Crippen LogP contribution in [0.1, 0.15) is 53.8 Å². The summed E-state index contributed by atoms with van der Waals surface area (Å²) in [6.45, 7) is 10.2. The Bertz CT molecular complexity index is 1030. The maximum absolute atomic E-state index is 13.0. The number of Topliss-reactive ketones (excluding diaryl/α,β-unsaturated/α-hetero) is 1. The number of nitrogens with zero attached hydrogens (tertiary/aromatic N) is 5. The average molecular weight is 438 g/mol. The number of hydrogen-bond acceptors (Lipinski definition) is 5. The van der Waals surface area contributed by atoms with E-state index < -0.39 is 0 Å². The Morgan fingerprint density at radius 2 is 1.84 bits per heavy atom. The molecular weight excluding hydrogens is 406 g/mol. The number of benzene rings is 1. The summed E-state index contributed by atoms with van der Waals surface area (Å²) in [5.41, 5.74) is 4.07. The minimum absolute atomic E-state index is 0.143. The van der Waals surface area contributed by atoms with Crippen LogP contribution in [0.25, 0.3) is 5.69 Å². The molecule has 1 aliphatic rings. The van der Waals surface area contributed by atoms with Crippen LogP contribution in [0.2, 0.25) is 0 Å². The maximum Gasteiger partial charge on any atom is 0.196 e. The van der Waals surface area contributed by atoms with Crippen molar-refractivity contribution >= 4 is 17.5 Å². The molecule has 31 heavy (non-hydrogen) atoms. The van der Waals surface area contributed by atoms with Crippen molar-refractivity contribution in [2.24, 2.45) is 0 Å². The first-order valence-electron chi connectivity index (χ1n) is 11.1. The van der Waals surface area contributed by atoms with Gasteiger partial charge >= 0.3 is 0 Å². The van der Waals surface area contributed by atoms with E-state index in [9.17, 15) is 4.79 Å². The summed E-state index contributed by atoms with van der Waals surface area (Å²) in [5.74, 6) is 1.43. The summed E-state index contributed by atoms with van der Waals surface area (Å²) >= 11 is 1.47. The number of ketones is 1. The van der Waals surface area contributed by atoms with E-state index in [1.54, 1.807) is 0 Å². The van der Waals surface area contributed by atoms with Crippen molar-refractivity contribution in [3.05, 3.63) is 59.2 Å². The highest BCUT2D eigenvalue weighted by Gasteiger charge is 2.21. The molecule has 3 heterocycles. The van der Waals surface area contributed by atoms with E-state index in [1.165, 1.54) is 24.6 Å². The van der Waals surface area contributed by atoms with Gasteiger partial charge in [0, 0.05) is 29.2 Å². The Morgan fingerprint density at radius 3 is 2.55 bits per heavy atom. The molecule has 1 fully saturated rings. The van der Waals surface area contributed by atoms with Gasteiger partial charge < -0.3 is 4.57 Å². The highest BCUT2D eigenvalue weighted by Crippen LogP contribution is 2.25. The van der Waals surface area contributed by atoms with E-state index in [4.69, 9.17) is 0 Å². The molecule has 7 heteroatoms. The normalized spacial score (nSPS) is 14.4. The van der Waals surface area contributed by atoms with Crippen LogP contribution in [0.3, 0.4) is 0 Å². The fourth-order valence-electron chi connectivity index (χ4n) is 4.33. The molecule has 0 spiro atoms. The zero-order chi connectivity index (χ0) is 21.8. The van der Waals surface area contributed by atoms with Crippen molar-refractivity contribution in [3.63, 3.8) is 0 Å². The third-order valence-corrected chi connectivity index (χ3v) is 6.86. The van der Waals surface area contributed by atoms with E-state index in [-0.39, 0.29) is 5.78 Å². The van der Waals surface area contributed by atoms with Gasteiger partial charge in [-0.05, 0) is 64.4 Å². The van der Waals surface area contributed by atoms with Crippen LogP contribution in [-0.2, 0) is 13.1 Å². The van der Waals surface area contributed by atoms with Crippen molar-refractivity contribution < 1.29 is 4.79 Å². The third kappa shape index (κ3) is 4.77. The third-order valence-electron chi connectivity index (χ3n) is 5.93. The van der Waals surface area contributed by atoms with Gasteiger partial charge in [-0.1, -0.05) is 36.9 Å². The van der Waals surface area contributed by atoms with Gasteiger partial charge in [-0.25, -0.2) is 0 Å². The Hall–Kier alpha value is -2.38. The number of aromatic nitrogens is 4. The number of carbonyl (C=O) groups excluding carboxylic acids is 1. The minimum atomic E-state index is 0.143. The number of likely N-dealkylation sites (tertiary alicyclic amines) is 1. The molecular formula is C24H31N5OS. The van der Waals surface area contributed by atoms with Crippen LogP contribution in [0.15, 0.2) is 41.6 Å². The number of thioether (sulfide) groups is 1. The molecule has 2 aromatic heterocycles. The monoisotopic (exact) mass is 437 g/mol. The van der Waals surface area contributed by atoms with Crippen molar-refractivity contribution in [1.82, 2.24) is 24.2 Å². The Kier molecular flexibility index (Phi) is 6.92. The lowest BCUT2D eigenvalue weighted by atomic mass is 10.2. The number of aryl methyl sites for hydroxylation is 1. The average Bonchev–Trinajstić information content (AvgIpc) is 3.50. The molecule has 3 aromatic rings. The minimum Gasteiger partial charge on any atom is -0.348 e. The molecule has 6 nitrogen and oxygen atoms in total. The second-order valence-electron chi connectivity index (χ2n) is 8.20. The second kappa shape index (κ2) is 9.83. The highest BCUT2D eigenvalue weighted by molar-refractivity contribution is 7.99. The topological polar surface area (TPSA) is 56.0 Å². The van der Waals surface area contributed by atoms with E-state index >= 15 is 0 Å². The van der Waals surface area contributed by atoms with Gasteiger partial charge in [-0.15, -0.1) is 10.2 Å². The molecule has 0 N–H and O–H groups in total. The number of para-hydroxylation sites is 1. The summed E-state index contributed by atoms with van der Waals surface area (Å²) in [5, 5.41) is 9.74. The molecule has 4 rings (SSSR count). The van der Waals surface area contributed by atoms with Gasteiger partial charge in [0.25, 0.3) is 0 Å². The molecule has 1 aliphatic heterocycles. The van der Waals surface area contributed by atoms with Crippen LogP contribution >= 0.6 is 11.8 Å². The van der Waals surface area contributed by atoms with Crippen molar-refractivity contribution in [2.45, 2.75) is 58.3 Å². The number of hydrogen-bond donors (Lipinski definition) is 0. The molecule has 0 atom stereocenters. The molecule has 1 aromatic carbocycles. The van der Waals surface area contributed by atoms with Gasteiger partial charge in [0.05, 0.1) is 12.3 Å². The first-order valence-corrected chi connectivity index (χ1v) is 12.1. The second-order valence-corrected chi connectivity index (χ2v) is 9.14. The SMILES string of the molecule is CCCn1c(C)cc(C(=O)CSc2nnc(CN3CCCC3)n2-c2ccccc2)c1C. The number of rotatable bonds is 9. The highest BCUT2D eigenvalue weighted by atomic mass is 32.2. The smallest absolute Gasteiger partial charge is 0.196 e. The van der Waals surface area contributed by atoms with E-state index in [1.807, 2.05) is 31.2 Å². The van der Waals surface area contributed by atoms with Gasteiger partial charge in [0.1, 0.15) is 0 Å². The van der Waals surface area contributed by atoms with Crippen LogP contribution in [0.5, 0.6) is 0 Å². The first-order chi connectivity index (χ1) is 15.1. The van der Waals surface area contributed by atoms with E-state index in [0.717, 1.165) is 66.2 Å². The number of carbonyl (C=O) groups is 1. The van der Waals surface area contributed by atoms with Gasteiger partial charge in [0.2, 0.25) is 0 Å². The molecule has 1 saturated heterocycles. The summed E-state index contributed by atoms with van der Waals surface area (Å²) in [6, 6.07) is 12.2. The predicted octanol–water partition coefficient (Wildman–Crippen LogP) is 4.67. The molecule has 0 bridgehead atoms. The molecule has 0 amide bonds. The Balaban J connectivity index is 1.55. The zero-order valence-corrected chi connectivity index (χ0v) is 19.5. The van der Waals surface area contributed by atoms with E-state index in [2.05, 4.69) is 50.2 Å². The van der Waals surface area contributed by atoms with Crippen LogP contribution < -0.4 is 0 Å². The first kappa shape index (κ1) is 21.8. The lowest BCUT2D eigenvalue weighted by Crippen LogP contribution is -2.21. The Labute approximate surface area is 188 Å². The maximum atomic E-state index is 13.0. The van der Waals surface area contributed by atoms with Gasteiger partial charge in [-0.2, -0.15) is 0 Å². The van der Waals surface area contributed by atoms with E-state index in [0.29, 0.717) is 5.75 Å². The largest absolute Gasteiger partial charge is 0.348 e. The molecule has 164 valence electrons. The quantitative estimate of drug-likeness (QED) is 0.360. The van der Waals surface area contributed by atoms with Crippen molar-refractivity contribution in [2.75, 3.05) is 18.8 Å². The van der Waals surface area contributed by atoms with Crippen LogP contribution in [-0.4, -0.2) is 48.9 Å². The summed E-state index contributed by atoms with van der Waals surface area (Å²) in [7, 11) is 0. The molecule has 0 unspecified atom stereocenters. The van der Waals surface area contributed by atoms with Crippen LogP contribution in [0, 0.1) is 13.8 Å².